The van der Waals surface area contributed by atoms with Gasteiger partial charge in [-0.2, -0.15) is 0 Å². The van der Waals surface area contributed by atoms with Crippen LogP contribution in [0.5, 0.6) is 0 Å². The fraction of sp³-hybridized carbons (Fsp3) is 0.842. The second-order valence-corrected chi connectivity index (χ2v) is 15.8. The van der Waals surface area contributed by atoms with Crippen molar-refractivity contribution in [2.24, 2.45) is 63.5 Å². The molecule has 0 heterocycles. The third kappa shape index (κ3) is 7.50. The van der Waals surface area contributed by atoms with Crippen molar-refractivity contribution in [2.75, 3.05) is 53.0 Å². The second-order valence-electron chi connectivity index (χ2n) is 15.8. The fourth-order valence-corrected chi connectivity index (χ4v) is 11.2. The van der Waals surface area contributed by atoms with Gasteiger partial charge in [-0.05, 0) is 118 Å². The minimum absolute atomic E-state index is 0.140. The van der Waals surface area contributed by atoms with Gasteiger partial charge < -0.3 is 36.3 Å². The van der Waals surface area contributed by atoms with E-state index in [4.69, 9.17) is 31.4 Å². The van der Waals surface area contributed by atoms with Crippen molar-refractivity contribution in [3.63, 3.8) is 0 Å². The van der Waals surface area contributed by atoms with E-state index in [1.165, 1.54) is 37.7 Å². The predicted molar refractivity (Wildman–Crippen MR) is 184 cm³/mol. The van der Waals surface area contributed by atoms with Crippen LogP contribution in [-0.2, 0) is 20.8 Å². The molecule has 0 spiro atoms. The van der Waals surface area contributed by atoms with Crippen LogP contribution in [0.15, 0.2) is 30.3 Å². The zero-order chi connectivity index (χ0) is 32.0. The van der Waals surface area contributed by atoms with Crippen molar-refractivity contribution in [2.45, 2.75) is 103 Å². The molecule has 256 valence electrons. The second kappa shape index (κ2) is 15.9. The third-order valence-electron chi connectivity index (χ3n) is 13.3. The van der Waals surface area contributed by atoms with E-state index >= 15 is 0 Å². The molecule has 10 unspecified atom stereocenters. The van der Waals surface area contributed by atoms with Crippen LogP contribution in [0.4, 0.5) is 0 Å². The number of ether oxygens (including phenoxy) is 3. The van der Waals surface area contributed by atoms with Crippen molar-refractivity contribution < 1.29 is 14.2 Å². The van der Waals surface area contributed by atoms with Crippen molar-refractivity contribution in [3.05, 3.63) is 35.9 Å². The molecule has 0 saturated heterocycles. The van der Waals surface area contributed by atoms with Gasteiger partial charge in [0.1, 0.15) is 0 Å². The van der Waals surface area contributed by atoms with E-state index in [1.807, 2.05) is 0 Å². The van der Waals surface area contributed by atoms with E-state index in [2.05, 4.69) is 63.1 Å². The van der Waals surface area contributed by atoms with Gasteiger partial charge in [-0.1, -0.05) is 51.1 Å². The molecule has 7 nitrogen and oxygen atoms in total. The van der Waals surface area contributed by atoms with Gasteiger partial charge in [0.15, 0.2) is 0 Å². The molecule has 0 aliphatic heterocycles. The quantitative estimate of drug-likeness (QED) is 0.224. The van der Waals surface area contributed by atoms with Gasteiger partial charge in [0.25, 0.3) is 0 Å². The van der Waals surface area contributed by atoms with E-state index in [0.717, 1.165) is 38.8 Å². The van der Waals surface area contributed by atoms with Crippen LogP contribution in [0, 0.1) is 46.3 Å². The molecule has 11 atom stereocenters. The number of nitrogens with zero attached hydrogens (tertiary/aromatic N) is 1. The first kappa shape index (κ1) is 35.3. The SMILES string of the molecule is CC(CCCN(C)Cc1ccccc1)[C@H]1CCC2C3C(OCCN)CC4CC(OCCN)CCC4(C)C3CC(OCCN)C21C. The Morgan fingerprint density at radius 1 is 0.867 bits per heavy atom. The van der Waals surface area contributed by atoms with E-state index < -0.39 is 0 Å². The summed E-state index contributed by atoms with van der Waals surface area (Å²) in [7, 11) is 2.26. The number of fused-ring (bicyclic) bond motifs is 5. The molecule has 0 aromatic heterocycles. The lowest BCUT2D eigenvalue weighted by atomic mass is 9.43. The monoisotopic (exact) mass is 627 g/mol. The number of rotatable bonds is 16. The number of benzene rings is 1. The Morgan fingerprint density at radius 2 is 1.58 bits per heavy atom. The Kier molecular flexibility index (Phi) is 12.4. The maximum atomic E-state index is 6.87. The van der Waals surface area contributed by atoms with Crippen LogP contribution >= 0.6 is 0 Å². The summed E-state index contributed by atoms with van der Waals surface area (Å²) in [5, 5.41) is 0. The molecule has 0 bridgehead atoms. The molecule has 0 radical (unpaired) electrons. The summed E-state index contributed by atoms with van der Waals surface area (Å²) in [6.45, 7) is 13.6. The molecule has 0 amide bonds. The lowest BCUT2D eigenvalue weighted by Crippen LogP contribution is -2.63. The number of hydrogen-bond acceptors (Lipinski definition) is 7. The number of hydrogen-bond donors (Lipinski definition) is 3. The van der Waals surface area contributed by atoms with Gasteiger partial charge in [0, 0.05) is 31.6 Å². The molecule has 6 N–H and O–H groups in total. The third-order valence-corrected chi connectivity index (χ3v) is 13.3. The normalized spacial score (nSPS) is 38.5. The predicted octanol–water partition coefficient (Wildman–Crippen LogP) is 5.45. The molecule has 1 aromatic carbocycles. The van der Waals surface area contributed by atoms with Gasteiger partial charge in [-0.25, -0.2) is 0 Å². The van der Waals surface area contributed by atoms with Crippen molar-refractivity contribution in [1.82, 2.24) is 4.90 Å². The molecule has 4 saturated carbocycles. The summed E-state index contributed by atoms with van der Waals surface area (Å²) in [6, 6.07) is 10.8. The van der Waals surface area contributed by atoms with Crippen LogP contribution in [0.25, 0.3) is 0 Å². The van der Waals surface area contributed by atoms with Crippen molar-refractivity contribution in [1.29, 1.82) is 0 Å². The Morgan fingerprint density at radius 3 is 2.31 bits per heavy atom. The van der Waals surface area contributed by atoms with E-state index in [1.54, 1.807) is 0 Å². The minimum atomic E-state index is 0.140. The first-order valence-corrected chi connectivity index (χ1v) is 18.4. The van der Waals surface area contributed by atoms with E-state index in [0.29, 0.717) is 81.1 Å². The highest BCUT2D eigenvalue weighted by atomic mass is 16.5. The summed E-state index contributed by atoms with van der Waals surface area (Å²) >= 11 is 0. The molecule has 4 aliphatic carbocycles. The minimum Gasteiger partial charge on any atom is -0.377 e. The van der Waals surface area contributed by atoms with Crippen molar-refractivity contribution in [3.8, 4) is 0 Å². The maximum absolute atomic E-state index is 6.87. The Hall–Kier alpha value is -1.06. The summed E-state index contributed by atoms with van der Waals surface area (Å²) in [6.07, 6.45) is 11.7. The first-order valence-electron chi connectivity index (χ1n) is 18.4. The number of nitrogens with two attached hydrogens (primary N) is 3. The Bertz CT molecular complexity index is 1030. The molecule has 4 fully saturated rings. The molecule has 4 aliphatic rings. The zero-order valence-electron chi connectivity index (χ0n) is 29.0. The Balaban J connectivity index is 1.33. The van der Waals surface area contributed by atoms with Gasteiger partial charge in [0.05, 0.1) is 38.1 Å². The van der Waals surface area contributed by atoms with Crippen LogP contribution < -0.4 is 17.2 Å². The molecule has 7 heteroatoms. The summed E-state index contributed by atoms with van der Waals surface area (Å²) in [5.74, 6) is 3.69. The van der Waals surface area contributed by atoms with Crippen LogP contribution in [-0.4, -0.2) is 76.3 Å². The summed E-state index contributed by atoms with van der Waals surface area (Å²) < 4.78 is 19.9. The zero-order valence-corrected chi connectivity index (χ0v) is 29.0. The molecule has 45 heavy (non-hydrogen) atoms. The van der Waals surface area contributed by atoms with Gasteiger partial charge in [-0.15, -0.1) is 0 Å². The topological polar surface area (TPSA) is 109 Å². The summed E-state index contributed by atoms with van der Waals surface area (Å²) in [5.41, 5.74) is 19.7. The van der Waals surface area contributed by atoms with Crippen molar-refractivity contribution >= 4 is 0 Å². The van der Waals surface area contributed by atoms with Gasteiger partial charge in [0.2, 0.25) is 0 Å². The molecular formula is C38H66N4O3. The highest BCUT2D eigenvalue weighted by Gasteiger charge is 2.66. The smallest absolute Gasteiger partial charge is 0.0637 e. The molecular weight excluding hydrogens is 560 g/mol. The standard InChI is InChI=1S/C38H66N4O3/c1-27(9-8-19-42(4)26-28-10-6-5-7-11-28)31-12-13-32-36-33(25-35(38(31,32)3)45-22-18-41)37(2)15-14-30(43-20-16-39)23-29(37)24-34(36)44-21-17-40/h5-7,10-11,27,29-36H,8-9,12-26,39-41H2,1-4H3/t27?,29?,30?,31-,32?,33?,34?,35?,36?,37?,38?/m1/s1. The van der Waals surface area contributed by atoms with E-state index in [-0.39, 0.29) is 23.0 Å². The molecule has 1 aromatic rings. The van der Waals surface area contributed by atoms with Crippen LogP contribution in [0.2, 0.25) is 0 Å². The molecule has 5 rings (SSSR count). The first-order chi connectivity index (χ1) is 21.8. The highest BCUT2D eigenvalue weighted by Crippen LogP contribution is 2.69. The van der Waals surface area contributed by atoms with E-state index in [9.17, 15) is 0 Å². The largest absolute Gasteiger partial charge is 0.377 e. The highest BCUT2D eigenvalue weighted by molar-refractivity contribution is 5.16. The van der Waals surface area contributed by atoms with Gasteiger partial charge >= 0.3 is 0 Å². The average Bonchev–Trinajstić information content (AvgIpc) is 3.40. The fourth-order valence-electron chi connectivity index (χ4n) is 11.2. The van der Waals surface area contributed by atoms with Gasteiger partial charge in [-0.3, -0.25) is 0 Å². The Labute approximate surface area is 274 Å². The maximum Gasteiger partial charge on any atom is 0.0637 e. The summed E-state index contributed by atoms with van der Waals surface area (Å²) in [4.78, 5) is 2.48. The lowest BCUT2D eigenvalue weighted by molar-refractivity contribution is -0.226. The lowest BCUT2D eigenvalue weighted by Gasteiger charge is -2.64. The van der Waals surface area contributed by atoms with Crippen LogP contribution in [0.3, 0.4) is 0 Å². The average molecular weight is 627 g/mol. The van der Waals surface area contributed by atoms with Crippen LogP contribution in [0.1, 0.15) is 84.1 Å².